The monoisotopic (exact) mass is 238 g/mol. The highest BCUT2D eigenvalue weighted by molar-refractivity contribution is 6.30. The van der Waals surface area contributed by atoms with Crippen LogP contribution in [0.4, 0.5) is 0 Å². The maximum Gasteiger partial charge on any atom is 0.0450 e. The van der Waals surface area contributed by atoms with Crippen LogP contribution < -0.4 is 10.6 Å². The molecule has 1 unspecified atom stereocenters. The molecule has 2 N–H and O–H groups in total. The number of nitrogens with one attached hydrogen (secondary N) is 2. The lowest BCUT2D eigenvalue weighted by Gasteiger charge is -2.28. The number of fused-ring (bicyclic) bond motifs is 1. The third kappa shape index (κ3) is 2.76. The maximum atomic E-state index is 6.06. The van der Waals surface area contributed by atoms with E-state index in [-0.39, 0.29) is 0 Å². The fourth-order valence-corrected chi connectivity index (χ4v) is 2.33. The molecule has 1 atom stereocenters. The predicted molar refractivity (Wildman–Crippen MR) is 69.0 cm³/mol. The van der Waals surface area contributed by atoms with Gasteiger partial charge in [-0.3, -0.25) is 0 Å². The van der Waals surface area contributed by atoms with Gasteiger partial charge in [-0.25, -0.2) is 0 Å². The second kappa shape index (κ2) is 5.17. The van der Waals surface area contributed by atoms with Gasteiger partial charge in [0.05, 0.1) is 0 Å². The number of halogens is 1. The van der Waals surface area contributed by atoms with E-state index in [2.05, 4.69) is 36.6 Å². The molecule has 0 aromatic heterocycles. The van der Waals surface area contributed by atoms with Crippen LogP contribution >= 0.6 is 11.6 Å². The molecule has 1 aromatic rings. The molecule has 1 aromatic carbocycles. The first-order valence-electron chi connectivity index (χ1n) is 5.92. The lowest BCUT2D eigenvalue weighted by Crippen LogP contribution is -2.38. The predicted octanol–water partition coefficient (Wildman–Crippen LogP) is 2.52. The van der Waals surface area contributed by atoms with E-state index in [0.29, 0.717) is 12.1 Å². The van der Waals surface area contributed by atoms with Gasteiger partial charge in [-0.2, -0.15) is 0 Å². The number of benzene rings is 1. The van der Waals surface area contributed by atoms with E-state index in [1.807, 2.05) is 6.07 Å². The SMILES string of the molecule is CC(C)NCC1NCCc2ccc(Cl)cc21. The first-order chi connectivity index (χ1) is 7.66. The summed E-state index contributed by atoms with van der Waals surface area (Å²) in [5.41, 5.74) is 2.78. The molecule has 1 aliphatic heterocycles. The van der Waals surface area contributed by atoms with Crippen molar-refractivity contribution in [1.82, 2.24) is 10.6 Å². The van der Waals surface area contributed by atoms with Gasteiger partial charge in [-0.1, -0.05) is 31.5 Å². The van der Waals surface area contributed by atoms with E-state index in [9.17, 15) is 0 Å². The van der Waals surface area contributed by atoms with E-state index in [4.69, 9.17) is 11.6 Å². The molecule has 0 spiro atoms. The molecule has 0 saturated carbocycles. The van der Waals surface area contributed by atoms with Crippen molar-refractivity contribution < 1.29 is 0 Å². The Kier molecular flexibility index (Phi) is 3.85. The summed E-state index contributed by atoms with van der Waals surface area (Å²) in [6, 6.07) is 7.14. The van der Waals surface area contributed by atoms with E-state index >= 15 is 0 Å². The molecule has 0 fully saturated rings. The molecule has 1 heterocycles. The van der Waals surface area contributed by atoms with Gasteiger partial charge in [0.25, 0.3) is 0 Å². The quantitative estimate of drug-likeness (QED) is 0.846. The van der Waals surface area contributed by atoms with Crippen LogP contribution in [-0.2, 0) is 6.42 Å². The summed E-state index contributed by atoms with van der Waals surface area (Å²) in [6.07, 6.45) is 1.10. The Labute approximate surface area is 102 Å². The van der Waals surface area contributed by atoms with Crippen molar-refractivity contribution in [3.63, 3.8) is 0 Å². The highest BCUT2D eigenvalue weighted by atomic mass is 35.5. The second-order valence-electron chi connectivity index (χ2n) is 4.66. The smallest absolute Gasteiger partial charge is 0.0450 e. The highest BCUT2D eigenvalue weighted by Crippen LogP contribution is 2.25. The minimum atomic E-state index is 0.393. The zero-order valence-corrected chi connectivity index (χ0v) is 10.6. The molecule has 0 bridgehead atoms. The summed E-state index contributed by atoms with van der Waals surface area (Å²) in [5, 5.41) is 7.84. The minimum Gasteiger partial charge on any atom is -0.313 e. The van der Waals surface area contributed by atoms with Crippen LogP contribution in [0.15, 0.2) is 18.2 Å². The fourth-order valence-electron chi connectivity index (χ4n) is 2.14. The van der Waals surface area contributed by atoms with Crippen molar-refractivity contribution in [2.75, 3.05) is 13.1 Å². The summed E-state index contributed by atoms with van der Waals surface area (Å²) >= 11 is 6.06. The Morgan fingerprint density at radius 2 is 2.31 bits per heavy atom. The van der Waals surface area contributed by atoms with Crippen LogP contribution in [-0.4, -0.2) is 19.1 Å². The van der Waals surface area contributed by atoms with E-state index in [0.717, 1.165) is 24.5 Å². The first kappa shape index (κ1) is 11.9. The Bertz CT molecular complexity index is 363. The second-order valence-corrected chi connectivity index (χ2v) is 5.10. The molecule has 3 heteroatoms. The van der Waals surface area contributed by atoms with Crippen LogP contribution in [0, 0.1) is 0 Å². The topological polar surface area (TPSA) is 24.1 Å². The summed E-state index contributed by atoms with van der Waals surface area (Å²) in [6.45, 7) is 6.35. The zero-order chi connectivity index (χ0) is 11.5. The van der Waals surface area contributed by atoms with Gasteiger partial charge >= 0.3 is 0 Å². The normalized spacial score (nSPS) is 19.9. The molecule has 2 nitrogen and oxygen atoms in total. The summed E-state index contributed by atoms with van der Waals surface area (Å²) in [7, 11) is 0. The number of rotatable bonds is 3. The molecule has 1 aliphatic rings. The summed E-state index contributed by atoms with van der Waals surface area (Å²) in [4.78, 5) is 0. The number of hydrogen-bond donors (Lipinski definition) is 2. The lowest BCUT2D eigenvalue weighted by atomic mass is 9.94. The molecule has 0 aliphatic carbocycles. The van der Waals surface area contributed by atoms with Crippen LogP contribution in [0.1, 0.15) is 31.0 Å². The van der Waals surface area contributed by atoms with Crippen molar-refractivity contribution >= 4 is 11.6 Å². The molecular weight excluding hydrogens is 220 g/mol. The van der Waals surface area contributed by atoms with E-state index in [1.54, 1.807) is 0 Å². The van der Waals surface area contributed by atoms with E-state index in [1.165, 1.54) is 11.1 Å². The molecule has 0 amide bonds. The largest absolute Gasteiger partial charge is 0.313 e. The zero-order valence-electron chi connectivity index (χ0n) is 9.89. The molecule has 0 saturated heterocycles. The van der Waals surface area contributed by atoms with Gasteiger partial charge in [0.15, 0.2) is 0 Å². The molecule has 88 valence electrons. The Morgan fingerprint density at radius 1 is 1.50 bits per heavy atom. The van der Waals surface area contributed by atoms with Gasteiger partial charge in [0.2, 0.25) is 0 Å². The van der Waals surface area contributed by atoms with Crippen molar-refractivity contribution in [3.8, 4) is 0 Å². The van der Waals surface area contributed by atoms with E-state index < -0.39 is 0 Å². The van der Waals surface area contributed by atoms with Crippen molar-refractivity contribution in [1.29, 1.82) is 0 Å². The summed E-state index contributed by atoms with van der Waals surface area (Å²) in [5.74, 6) is 0. The minimum absolute atomic E-state index is 0.393. The molecular formula is C13H19ClN2. The highest BCUT2D eigenvalue weighted by Gasteiger charge is 2.19. The summed E-state index contributed by atoms with van der Waals surface area (Å²) < 4.78 is 0. The van der Waals surface area contributed by atoms with Gasteiger partial charge in [0, 0.05) is 23.7 Å². The van der Waals surface area contributed by atoms with Crippen molar-refractivity contribution in [2.45, 2.75) is 32.4 Å². The van der Waals surface area contributed by atoms with Crippen molar-refractivity contribution in [3.05, 3.63) is 34.3 Å². The molecule has 16 heavy (non-hydrogen) atoms. The fraction of sp³-hybridized carbons (Fsp3) is 0.538. The van der Waals surface area contributed by atoms with Gasteiger partial charge in [0.1, 0.15) is 0 Å². The average molecular weight is 239 g/mol. The van der Waals surface area contributed by atoms with Crippen molar-refractivity contribution in [2.24, 2.45) is 0 Å². The van der Waals surface area contributed by atoms with Crippen LogP contribution in [0.3, 0.4) is 0 Å². The molecule has 2 rings (SSSR count). The maximum absolute atomic E-state index is 6.06. The molecule has 0 radical (unpaired) electrons. The first-order valence-corrected chi connectivity index (χ1v) is 6.29. The third-order valence-corrected chi connectivity index (χ3v) is 3.23. The lowest BCUT2D eigenvalue weighted by molar-refractivity contribution is 0.447. The Balaban J connectivity index is 2.15. The van der Waals surface area contributed by atoms with Gasteiger partial charge in [-0.15, -0.1) is 0 Å². The van der Waals surface area contributed by atoms with Crippen LogP contribution in [0.2, 0.25) is 5.02 Å². The van der Waals surface area contributed by atoms with Gasteiger partial charge < -0.3 is 10.6 Å². The van der Waals surface area contributed by atoms with Crippen LogP contribution in [0.5, 0.6) is 0 Å². The third-order valence-electron chi connectivity index (χ3n) is 3.00. The average Bonchev–Trinajstić information content (AvgIpc) is 2.26. The Hall–Kier alpha value is -0.570. The number of hydrogen-bond acceptors (Lipinski definition) is 2. The standard InChI is InChI=1S/C13H19ClN2/c1-9(2)16-8-13-12-7-11(14)4-3-10(12)5-6-15-13/h3-4,7,9,13,15-16H,5-6,8H2,1-2H3. The van der Waals surface area contributed by atoms with Crippen LogP contribution in [0.25, 0.3) is 0 Å². The van der Waals surface area contributed by atoms with Gasteiger partial charge in [-0.05, 0) is 36.2 Å². The Morgan fingerprint density at radius 3 is 3.06 bits per heavy atom.